The molecule has 0 saturated carbocycles. The van der Waals surface area contributed by atoms with E-state index < -0.39 is 95.7 Å². The number of benzene rings is 4. The minimum atomic E-state index is -1.85. The number of hydrogen-bond donors (Lipinski definition) is 9. The van der Waals surface area contributed by atoms with Gasteiger partial charge in [-0.25, -0.2) is 4.79 Å². The van der Waals surface area contributed by atoms with Gasteiger partial charge in [-0.1, -0.05) is 82.6 Å². The van der Waals surface area contributed by atoms with Gasteiger partial charge in [0.15, 0.2) is 6.17 Å². The quantitative estimate of drug-likeness (QED) is 0.0307. The number of nitrogens with one attached hydrogen (secondary N) is 5. The summed E-state index contributed by atoms with van der Waals surface area (Å²) in [6, 6.07) is 17.4. The summed E-state index contributed by atoms with van der Waals surface area (Å²) in [6.07, 6.45) is 1.83. The normalized spacial score (nSPS) is 18.1. The van der Waals surface area contributed by atoms with Crippen LogP contribution in [0, 0.1) is 11.8 Å². The van der Waals surface area contributed by atoms with Crippen molar-refractivity contribution in [1.29, 1.82) is 0 Å². The van der Waals surface area contributed by atoms with Crippen molar-refractivity contribution in [3.05, 3.63) is 107 Å². The number of likely N-dealkylation sites (tertiary alicyclic amines) is 1. The largest absolute Gasteiger partial charge is 0.513 e. The van der Waals surface area contributed by atoms with Gasteiger partial charge in [0.25, 0.3) is 11.8 Å². The van der Waals surface area contributed by atoms with Gasteiger partial charge in [-0.3, -0.25) is 38.4 Å². The molecule has 0 aromatic heterocycles. The molecule has 1 fully saturated rings. The Bertz CT molecular complexity index is 2950. The number of ether oxygens (including phenoxy) is 2. The number of likely N-dealkylation sites (N-methyl/N-ethyl adjacent to an activating group) is 1. The average molecular weight is 1130 g/mol. The number of carbonyl (C=O) groups excluding carboxylic acids is 9. The van der Waals surface area contributed by atoms with Gasteiger partial charge in [-0.2, -0.15) is 0 Å². The van der Waals surface area contributed by atoms with Crippen LogP contribution in [0.15, 0.2) is 84.9 Å². The highest BCUT2D eigenvalue weighted by molar-refractivity contribution is 5.98. The molecule has 4 aromatic carbocycles. The van der Waals surface area contributed by atoms with E-state index in [0.29, 0.717) is 36.8 Å². The van der Waals surface area contributed by atoms with E-state index in [4.69, 9.17) is 26.7 Å². The summed E-state index contributed by atoms with van der Waals surface area (Å²) in [5.74, 6) is -7.30. The van der Waals surface area contributed by atoms with Crippen molar-refractivity contribution in [2.75, 3.05) is 33.3 Å². The molecule has 22 nitrogen and oxygen atoms in total. The number of carbonyl (C=O) groups is 9. The molecule has 0 aliphatic carbocycles. The van der Waals surface area contributed by atoms with E-state index in [1.165, 1.54) is 60.8 Å². The first-order valence-electron chi connectivity index (χ1n) is 27.9. The molecule has 6 rings (SSSR count). The molecule has 0 radical (unpaired) electrons. The number of unbranched alkanes of at least 4 members (excludes halogenated alkanes) is 2. The van der Waals surface area contributed by atoms with Crippen molar-refractivity contribution >= 4 is 53.4 Å². The fourth-order valence-corrected chi connectivity index (χ4v) is 9.74. The predicted molar refractivity (Wildman–Crippen MR) is 306 cm³/mol. The third kappa shape index (κ3) is 16.6. The first-order valence-corrected chi connectivity index (χ1v) is 27.9. The van der Waals surface area contributed by atoms with E-state index in [1.54, 1.807) is 19.1 Å². The lowest BCUT2D eigenvalue weighted by molar-refractivity contribution is -0.143. The molecule has 7 atom stereocenters. The van der Waals surface area contributed by atoms with Gasteiger partial charge in [-0.15, -0.1) is 0 Å². The third-order valence-electron chi connectivity index (χ3n) is 14.5. The van der Waals surface area contributed by atoms with Crippen LogP contribution in [-0.4, -0.2) is 132 Å². The number of aryl methyl sites for hydroxylation is 1. The van der Waals surface area contributed by atoms with Crippen molar-refractivity contribution in [1.82, 2.24) is 36.4 Å². The number of aromatic hydroxyl groups is 1. The van der Waals surface area contributed by atoms with Crippen molar-refractivity contribution in [3.8, 4) is 33.8 Å². The Balaban J connectivity index is 1.27. The molecular weight excluding hydrogens is 1050 g/mol. The highest BCUT2D eigenvalue weighted by atomic mass is 16.7. The van der Waals surface area contributed by atoms with Crippen molar-refractivity contribution in [3.63, 3.8) is 0 Å². The van der Waals surface area contributed by atoms with Crippen LogP contribution in [0.25, 0.3) is 22.3 Å². The maximum absolute atomic E-state index is 14.9. The third-order valence-corrected chi connectivity index (χ3v) is 14.5. The minimum Gasteiger partial charge on any atom is -0.507 e. The number of phenols is 1. The van der Waals surface area contributed by atoms with Crippen LogP contribution >= 0.6 is 0 Å². The number of hydrogen-bond acceptors (Lipinski definition) is 14. The lowest BCUT2D eigenvalue weighted by Gasteiger charge is -2.33. The van der Waals surface area contributed by atoms with E-state index in [2.05, 4.69) is 57.8 Å². The fourth-order valence-electron chi connectivity index (χ4n) is 9.74. The Morgan fingerprint density at radius 2 is 1.54 bits per heavy atom. The van der Waals surface area contributed by atoms with Gasteiger partial charge in [0, 0.05) is 43.2 Å². The molecule has 82 heavy (non-hydrogen) atoms. The van der Waals surface area contributed by atoms with Gasteiger partial charge in [0.2, 0.25) is 35.4 Å². The Kier molecular flexibility index (Phi) is 22.5. The van der Waals surface area contributed by atoms with Gasteiger partial charge < -0.3 is 68.2 Å². The van der Waals surface area contributed by atoms with E-state index >= 15 is 0 Å². The van der Waals surface area contributed by atoms with Crippen molar-refractivity contribution in [2.24, 2.45) is 29.0 Å². The molecular formula is C60H78N10O12. The molecule has 1 saturated heterocycles. The molecule has 8 amide bonds. The molecule has 4 bridgehead atoms. The maximum Gasteiger partial charge on any atom is 0.513 e. The van der Waals surface area contributed by atoms with Gasteiger partial charge in [0.1, 0.15) is 41.7 Å². The molecule has 2 aliphatic rings. The molecule has 2 heterocycles. The van der Waals surface area contributed by atoms with Crippen LogP contribution in [0.3, 0.4) is 0 Å². The number of nitrogens with two attached hydrogens (primary N) is 3. The SMILES string of the molecule is CCCCc1ccc(-c2ccc(C(=O)NC[C@@H](C)C(=O)N[C@@H](CCCCN)C(=O)N(C)C3C(=O)N[C@@H](N)C(=O)N[C@H](C(=O)N[C@@H](C)C(=O)N4CCC[C@H]4C(N)=O)Cc4ccc(OC(=O)OCC(C)C)c(c4)-c4cc3ccc4O)cc2)cc1. The van der Waals surface area contributed by atoms with E-state index in [-0.39, 0.29) is 73.2 Å². The summed E-state index contributed by atoms with van der Waals surface area (Å²) >= 11 is 0. The Morgan fingerprint density at radius 3 is 2.20 bits per heavy atom. The monoisotopic (exact) mass is 1130 g/mol. The molecule has 12 N–H and O–H groups in total. The number of amides is 8. The smallest absolute Gasteiger partial charge is 0.507 e. The van der Waals surface area contributed by atoms with Crippen molar-refractivity contribution in [2.45, 2.75) is 129 Å². The standard InChI is InChI=1S/C60H78N10O12/c1-7-8-12-37-15-18-39(19-16-37)40-20-22-41(23-21-40)54(74)64-32-35(4)53(73)66-45(13-9-10-27-61)59(79)69(6)50-42-24-25-48(71)43(31-42)44-29-38(17-26-49(44)82-60(80)81-33-34(2)3)30-46(67-57(77)51(62)68-56(50)76)55(75)65-36(5)58(78)70-28-11-14-47(70)52(63)72/h15-26,29,31,34-36,45-47,50-51,71H,7-14,27-28,30,32-33,61-62H2,1-6H3,(H2,63,72)(H,64,74)(H,65,75)(H,66,73)(H,67,77)(H,68,76)/t35-,36+,45+,46+,47+,50?,51-/m1/s1. The fraction of sp³-hybridized carbons (Fsp3) is 0.450. The van der Waals surface area contributed by atoms with E-state index in [9.17, 15) is 48.3 Å². The highest BCUT2D eigenvalue weighted by Crippen LogP contribution is 2.40. The summed E-state index contributed by atoms with van der Waals surface area (Å²) in [4.78, 5) is 126. The van der Waals surface area contributed by atoms with E-state index in [0.717, 1.165) is 35.3 Å². The second-order valence-electron chi connectivity index (χ2n) is 21.4. The van der Waals surface area contributed by atoms with Crippen LogP contribution in [0.5, 0.6) is 11.5 Å². The lowest BCUT2D eigenvalue weighted by atomic mass is 9.93. The number of fused-ring (bicyclic) bond motifs is 5. The van der Waals surface area contributed by atoms with Gasteiger partial charge >= 0.3 is 6.16 Å². The first-order chi connectivity index (χ1) is 39.1. The topological polar surface area (TPSA) is 337 Å². The number of nitrogens with zero attached hydrogens (tertiary/aromatic N) is 2. The molecule has 440 valence electrons. The number of primary amides is 1. The molecule has 2 aliphatic heterocycles. The Labute approximate surface area is 477 Å². The number of rotatable bonds is 22. The van der Waals surface area contributed by atoms with Crippen LogP contribution in [0.2, 0.25) is 0 Å². The molecule has 22 heteroatoms. The maximum atomic E-state index is 14.9. The zero-order chi connectivity index (χ0) is 59.8. The average Bonchev–Trinajstić information content (AvgIpc) is 4.05. The van der Waals surface area contributed by atoms with Crippen LogP contribution in [0.1, 0.15) is 113 Å². The zero-order valence-electron chi connectivity index (χ0n) is 47.5. The summed E-state index contributed by atoms with van der Waals surface area (Å²) in [6.45, 7) is 9.24. The predicted octanol–water partition coefficient (Wildman–Crippen LogP) is 3.84. The van der Waals surface area contributed by atoms with Crippen LogP contribution < -0.4 is 48.5 Å². The van der Waals surface area contributed by atoms with Gasteiger partial charge in [0.05, 0.1) is 12.5 Å². The Hall–Kier alpha value is -8.37. The first kappa shape index (κ1) is 62.8. The number of phenolic OH excluding ortho intramolecular Hbond substituents is 1. The summed E-state index contributed by atoms with van der Waals surface area (Å²) in [7, 11) is 1.31. The second-order valence-corrected chi connectivity index (χ2v) is 21.4. The van der Waals surface area contributed by atoms with Crippen molar-refractivity contribution < 1.29 is 57.7 Å². The van der Waals surface area contributed by atoms with Gasteiger partial charge in [-0.05, 0) is 129 Å². The van der Waals surface area contributed by atoms with Crippen LogP contribution in [0.4, 0.5) is 4.79 Å². The zero-order valence-corrected chi connectivity index (χ0v) is 47.5. The summed E-state index contributed by atoms with van der Waals surface area (Å²) < 4.78 is 11.0. The highest BCUT2D eigenvalue weighted by Gasteiger charge is 2.39. The molecule has 0 spiro atoms. The molecule has 4 aromatic rings. The second kappa shape index (κ2) is 29.4. The minimum absolute atomic E-state index is 0.00281. The summed E-state index contributed by atoms with van der Waals surface area (Å²) in [5, 5.41) is 24.8. The van der Waals surface area contributed by atoms with Crippen LogP contribution in [-0.2, 0) is 51.1 Å². The molecule has 1 unspecified atom stereocenters. The Morgan fingerprint density at radius 1 is 0.841 bits per heavy atom. The van der Waals surface area contributed by atoms with E-state index in [1.807, 2.05) is 26.0 Å². The lowest BCUT2D eigenvalue weighted by Crippen LogP contribution is -2.60. The summed E-state index contributed by atoms with van der Waals surface area (Å²) in [5.41, 5.74) is 21.8.